The van der Waals surface area contributed by atoms with Crippen molar-refractivity contribution >= 4 is 22.5 Å². The second-order valence-corrected chi connectivity index (χ2v) is 8.10. The molecule has 36 heavy (non-hydrogen) atoms. The maximum absolute atomic E-state index is 13.7. The van der Waals surface area contributed by atoms with Crippen LogP contribution in [0.1, 0.15) is 35.6 Å². The molecule has 3 N–H and O–H groups in total. The van der Waals surface area contributed by atoms with Crippen LogP contribution in [0, 0.1) is 18.8 Å². The molecule has 0 amide bonds. The zero-order valence-corrected chi connectivity index (χ0v) is 19.7. The highest BCUT2D eigenvalue weighted by Gasteiger charge is 2.20. The van der Waals surface area contributed by atoms with Gasteiger partial charge in [-0.2, -0.15) is 0 Å². The fourth-order valence-corrected chi connectivity index (χ4v) is 3.92. The monoisotopic (exact) mass is 474 g/mol. The van der Waals surface area contributed by atoms with Crippen LogP contribution in [-0.2, 0) is 0 Å². The summed E-state index contributed by atoms with van der Waals surface area (Å²) in [5, 5.41) is 3.91. The zero-order chi connectivity index (χ0) is 25.1. The molecule has 3 heterocycles. The van der Waals surface area contributed by atoms with Crippen molar-refractivity contribution in [2.24, 2.45) is 0 Å². The van der Waals surface area contributed by atoms with Crippen LogP contribution in [0.15, 0.2) is 78.2 Å². The van der Waals surface area contributed by atoms with Gasteiger partial charge in [0.15, 0.2) is 0 Å². The average Bonchev–Trinajstić information content (AvgIpc) is 2.89. The normalized spacial score (nSPS) is 11.5. The van der Waals surface area contributed by atoms with Gasteiger partial charge < -0.3 is 11.1 Å². The Morgan fingerprint density at radius 1 is 1.00 bits per heavy atom. The summed E-state index contributed by atoms with van der Waals surface area (Å²) < 4.78 is 1.63. The van der Waals surface area contributed by atoms with E-state index in [9.17, 15) is 4.79 Å². The summed E-state index contributed by atoms with van der Waals surface area (Å²) >= 11 is 0. The molecule has 2 aromatic carbocycles. The van der Waals surface area contributed by atoms with Crippen LogP contribution < -0.4 is 16.6 Å². The van der Waals surface area contributed by atoms with Crippen LogP contribution in [0.5, 0.6) is 0 Å². The number of hydrogen-bond donors (Lipinski definition) is 2. The van der Waals surface area contributed by atoms with Gasteiger partial charge in [0.2, 0.25) is 0 Å². The van der Waals surface area contributed by atoms with Gasteiger partial charge in [-0.05, 0) is 43.5 Å². The van der Waals surface area contributed by atoms with Gasteiger partial charge in [-0.15, -0.1) is 0 Å². The second-order valence-electron chi connectivity index (χ2n) is 8.10. The summed E-state index contributed by atoms with van der Waals surface area (Å²) in [7, 11) is 0. The van der Waals surface area contributed by atoms with E-state index in [-0.39, 0.29) is 11.4 Å². The van der Waals surface area contributed by atoms with Gasteiger partial charge in [-0.25, -0.2) is 19.9 Å². The van der Waals surface area contributed by atoms with Crippen molar-refractivity contribution in [1.29, 1.82) is 0 Å². The van der Waals surface area contributed by atoms with Crippen LogP contribution >= 0.6 is 0 Å². The first-order chi connectivity index (χ1) is 17.5. The summed E-state index contributed by atoms with van der Waals surface area (Å²) in [4.78, 5) is 35.2. The van der Waals surface area contributed by atoms with Crippen LogP contribution in [-0.4, -0.2) is 29.5 Å². The number of aryl methyl sites for hydroxylation is 1. The van der Waals surface area contributed by atoms with Gasteiger partial charge in [-0.3, -0.25) is 14.3 Å². The Bertz CT molecular complexity index is 1670. The maximum Gasteiger partial charge on any atom is 0.266 e. The fraction of sp³-hybridized carbons (Fsp3) is 0.111. The number of nitrogen functional groups attached to an aromatic ring is 1. The molecule has 1 atom stereocenters. The lowest BCUT2D eigenvalue weighted by Crippen LogP contribution is -2.28. The quantitative estimate of drug-likeness (QED) is 0.380. The molecular weight excluding hydrogens is 452 g/mol. The Kier molecular flexibility index (Phi) is 6.07. The third-order valence-corrected chi connectivity index (χ3v) is 5.64. The number of aromatic nitrogens is 6. The molecule has 0 radical (unpaired) electrons. The molecule has 0 saturated heterocycles. The summed E-state index contributed by atoms with van der Waals surface area (Å²) in [6, 6.07) is 14.6. The van der Waals surface area contributed by atoms with E-state index in [1.54, 1.807) is 23.2 Å². The van der Waals surface area contributed by atoms with E-state index in [0.29, 0.717) is 39.5 Å². The molecule has 0 fully saturated rings. The summed E-state index contributed by atoms with van der Waals surface area (Å²) in [6.07, 6.45) is 6.05. The molecule has 0 bridgehead atoms. The summed E-state index contributed by atoms with van der Waals surface area (Å²) in [5.74, 6) is 7.10. The number of benzene rings is 2. The lowest BCUT2D eigenvalue weighted by molar-refractivity contribution is 0.730. The largest absolute Gasteiger partial charge is 0.382 e. The van der Waals surface area contributed by atoms with E-state index in [4.69, 9.17) is 10.7 Å². The number of rotatable bonds is 4. The van der Waals surface area contributed by atoms with E-state index < -0.39 is 6.04 Å². The molecule has 0 aliphatic heterocycles. The van der Waals surface area contributed by atoms with Crippen molar-refractivity contribution in [3.63, 3.8) is 0 Å². The van der Waals surface area contributed by atoms with Gasteiger partial charge >= 0.3 is 0 Å². The molecule has 176 valence electrons. The fourth-order valence-electron chi connectivity index (χ4n) is 3.92. The van der Waals surface area contributed by atoms with Crippen molar-refractivity contribution in [3.05, 3.63) is 106 Å². The summed E-state index contributed by atoms with van der Waals surface area (Å²) in [6.45, 7) is 3.81. The minimum atomic E-state index is -0.436. The summed E-state index contributed by atoms with van der Waals surface area (Å²) in [5.41, 5.74) is 9.11. The molecule has 0 spiro atoms. The molecular formula is C27H22N8O. The number of para-hydroxylation sites is 1. The van der Waals surface area contributed by atoms with Gasteiger partial charge in [0.05, 0.1) is 28.8 Å². The Morgan fingerprint density at radius 3 is 2.61 bits per heavy atom. The van der Waals surface area contributed by atoms with Crippen molar-refractivity contribution in [2.75, 3.05) is 11.1 Å². The predicted octanol–water partition coefficient (Wildman–Crippen LogP) is 3.43. The van der Waals surface area contributed by atoms with Crippen LogP contribution in [0.3, 0.4) is 0 Å². The molecule has 0 saturated carbocycles. The second kappa shape index (κ2) is 9.64. The molecule has 9 heteroatoms. The standard InChI is InChI=1S/C27H22N8O/c1-17-7-6-10-22-23(17)27(36)35(20-8-4-3-5-9-20)26(34-22)18(2)33-25-21(24(28)31-16-32-25)12-11-19-15-29-13-14-30-19/h3-10,13-16,18H,1-2H3,(H3,28,31,32,33). The van der Waals surface area contributed by atoms with Gasteiger partial charge in [0.1, 0.15) is 35.0 Å². The predicted molar refractivity (Wildman–Crippen MR) is 139 cm³/mol. The Labute approximate surface area is 207 Å². The molecule has 3 aromatic heterocycles. The Morgan fingerprint density at radius 2 is 1.83 bits per heavy atom. The van der Waals surface area contributed by atoms with Crippen molar-refractivity contribution < 1.29 is 0 Å². The van der Waals surface area contributed by atoms with Crippen molar-refractivity contribution in [3.8, 4) is 17.5 Å². The molecule has 1 unspecified atom stereocenters. The van der Waals surface area contributed by atoms with Crippen LogP contribution in [0.25, 0.3) is 16.6 Å². The van der Waals surface area contributed by atoms with Crippen molar-refractivity contribution in [1.82, 2.24) is 29.5 Å². The van der Waals surface area contributed by atoms with E-state index in [0.717, 1.165) is 5.56 Å². The van der Waals surface area contributed by atoms with E-state index in [1.165, 1.54) is 6.33 Å². The molecule has 0 aliphatic rings. The third kappa shape index (κ3) is 4.35. The smallest absolute Gasteiger partial charge is 0.266 e. The first-order valence-electron chi connectivity index (χ1n) is 11.3. The van der Waals surface area contributed by atoms with E-state index in [1.807, 2.05) is 62.4 Å². The lowest BCUT2D eigenvalue weighted by atomic mass is 10.1. The minimum Gasteiger partial charge on any atom is -0.382 e. The lowest BCUT2D eigenvalue weighted by Gasteiger charge is -2.21. The highest BCUT2D eigenvalue weighted by atomic mass is 16.1. The van der Waals surface area contributed by atoms with Crippen LogP contribution in [0.2, 0.25) is 0 Å². The SMILES string of the molecule is Cc1cccc2nc(C(C)Nc3ncnc(N)c3C#Cc3cnccn3)n(-c3ccccc3)c(=O)c12. The molecule has 9 nitrogen and oxygen atoms in total. The molecule has 5 rings (SSSR count). The number of anilines is 2. The van der Waals surface area contributed by atoms with Gasteiger partial charge in [-0.1, -0.05) is 36.3 Å². The Balaban J connectivity index is 1.62. The zero-order valence-electron chi connectivity index (χ0n) is 19.7. The van der Waals surface area contributed by atoms with Gasteiger partial charge in [0.25, 0.3) is 5.56 Å². The highest BCUT2D eigenvalue weighted by molar-refractivity contribution is 5.81. The van der Waals surface area contributed by atoms with Gasteiger partial charge in [0, 0.05) is 12.4 Å². The molecule has 0 aliphatic carbocycles. The number of hydrogen-bond acceptors (Lipinski definition) is 8. The highest BCUT2D eigenvalue weighted by Crippen LogP contribution is 2.24. The van der Waals surface area contributed by atoms with E-state index >= 15 is 0 Å². The number of nitrogens with one attached hydrogen (secondary N) is 1. The Hall–Kier alpha value is -5.10. The molecule has 5 aromatic rings. The maximum atomic E-state index is 13.7. The average molecular weight is 475 g/mol. The van der Waals surface area contributed by atoms with Crippen LogP contribution in [0.4, 0.5) is 11.6 Å². The topological polar surface area (TPSA) is 124 Å². The van der Waals surface area contributed by atoms with E-state index in [2.05, 4.69) is 37.1 Å². The minimum absolute atomic E-state index is 0.141. The number of nitrogens with zero attached hydrogens (tertiary/aromatic N) is 6. The first-order valence-corrected chi connectivity index (χ1v) is 11.3. The van der Waals surface area contributed by atoms with Crippen molar-refractivity contribution in [2.45, 2.75) is 19.9 Å². The third-order valence-electron chi connectivity index (χ3n) is 5.64. The number of fused-ring (bicyclic) bond motifs is 1. The number of nitrogens with two attached hydrogens (primary N) is 1. The first kappa shape index (κ1) is 22.7.